The number of anilines is 1. The summed E-state index contributed by atoms with van der Waals surface area (Å²) in [5.74, 6) is -0.389. The first-order valence-corrected chi connectivity index (χ1v) is 5.86. The SMILES string of the molecule is CN(C)c1ncnc2c1ncn2/C=C1/CC1C(=O)O. The van der Waals surface area contributed by atoms with Gasteiger partial charge in [-0.3, -0.25) is 9.36 Å². The van der Waals surface area contributed by atoms with Crippen LogP contribution in [-0.4, -0.2) is 44.7 Å². The summed E-state index contributed by atoms with van der Waals surface area (Å²) < 4.78 is 1.75. The molecule has 7 nitrogen and oxygen atoms in total. The van der Waals surface area contributed by atoms with Crippen molar-refractivity contribution in [3.8, 4) is 0 Å². The molecular weight excluding hydrogens is 246 g/mol. The quantitative estimate of drug-likeness (QED) is 0.879. The molecule has 2 heterocycles. The largest absolute Gasteiger partial charge is 0.481 e. The first kappa shape index (κ1) is 11.6. The minimum atomic E-state index is -0.778. The number of hydrogen-bond acceptors (Lipinski definition) is 5. The molecule has 2 aromatic rings. The standard InChI is InChI=1S/C12H13N5O2/c1-16(2)10-9-11(14-5-13-10)17(6-15-9)4-7-3-8(7)12(18)19/h4-6,8H,3H2,1-2H3,(H,18,19)/b7-4-. The Morgan fingerprint density at radius 1 is 1.47 bits per heavy atom. The van der Waals surface area contributed by atoms with Crippen molar-refractivity contribution in [1.29, 1.82) is 0 Å². The van der Waals surface area contributed by atoms with E-state index in [1.165, 1.54) is 6.33 Å². The van der Waals surface area contributed by atoms with E-state index in [4.69, 9.17) is 5.11 Å². The molecule has 2 aromatic heterocycles. The summed E-state index contributed by atoms with van der Waals surface area (Å²) in [6.45, 7) is 0. The number of carboxylic acids is 1. The summed E-state index contributed by atoms with van der Waals surface area (Å²) in [4.78, 5) is 25.4. The van der Waals surface area contributed by atoms with E-state index in [0.29, 0.717) is 17.6 Å². The second kappa shape index (κ2) is 4.04. The summed E-state index contributed by atoms with van der Waals surface area (Å²) >= 11 is 0. The van der Waals surface area contributed by atoms with E-state index < -0.39 is 5.97 Å². The normalized spacial score (nSPS) is 19.9. The number of nitrogens with zero attached hydrogens (tertiary/aromatic N) is 5. The van der Waals surface area contributed by atoms with Crippen LogP contribution in [0.2, 0.25) is 0 Å². The van der Waals surface area contributed by atoms with Gasteiger partial charge in [-0.1, -0.05) is 0 Å². The van der Waals surface area contributed by atoms with Crippen molar-refractivity contribution in [2.24, 2.45) is 5.92 Å². The molecule has 19 heavy (non-hydrogen) atoms. The molecular formula is C12H13N5O2. The van der Waals surface area contributed by atoms with E-state index in [1.807, 2.05) is 19.0 Å². The topological polar surface area (TPSA) is 84.1 Å². The van der Waals surface area contributed by atoms with Gasteiger partial charge in [0.1, 0.15) is 12.7 Å². The minimum Gasteiger partial charge on any atom is -0.481 e. The Bertz CT molecular complexity index is 688. The Morgan fingerprint density at radius 2 is 2.26 bits per heavy atom. The molecule has 1 aliphatic rings. The van der Waals surface area contributed by atoms with Crippen molar-refractivity contribution >= 4 is 29.2 Å². The molecule has 3 rings (SSSR count). The summed E-state index contributed by atoms with van der Waals surface area (Å²) in [5.41, 5.74) is 2.27. The van der Waals surface area contributed by atoms with Crippen molar-refractivity contribution in [1.82, 2.24) is 19.5 Å². The maximum atomic E-state index is 10.8. The number of carbonyl (C=O) groups is 1. The van der Waals surface area contributed by atoms with E-state index in [-0.39, 0.29) is 5.92 Å². The van der Waals surface area contributed by atoms with Gasteiger partial charge in [-0.05, 0) is 12.0 Å². The van der Waals surface area contributed by atoms with E-state index >= 15 is 0 Å². The molecule has 0 spiro atoms. The highest BCUT2D eigenvalue weighted by molar-refractivity contribution is 5.86. The fourth-order valence-electron chi connectivity index (χ4n) is 2.01. The van der Waals surface area contributed by atoms with Crippen LogP contribution in [-0.2, 0) is 4.79 Å². The van der Waals surface area contributed by atoms with Gasteiger partial charge in [0.2, 0.25) is 0 Å². The fraction of sp³-hybridized carbons (Fsp3) is 0.333. The van der Waals surface area contributed by atoms with Gasteiger partial charge in [0.05, 0.1) is 5.92 Å². The molecule has 7 heteroatoms. The van der Waals surface area contributed by atoms with Crippen LogP contribution in [0.4, 0.5) is 5.82 Å². The summed E-state index contributed by atoms with van der Waals surface area (Å²) in [7, 11) is 3.78. The summed E-state index contributed by atoms with van der Waals surface area (Å²) in [5, 5.41) is 8.88. The monoisotopic (exact) mass is 259 g/mol. The smallest absolute Gasteiger partial charge is 0.311 e. The first-order chi connectivity index (χ1) is 9.08. The Kier molecular flexibility index (Phi) is 2.48. The number of aromatic nitrogens is 4. The van der Waals surface area contributed by atoms with Crippen LogP contribution in [0.15, 0.2) is 18.2 Å². The predicted molar refractivity (Wildman–Crippen MR) is 69.7 cm³/mol. The van der Waals surface area contributed by atoms with Gasteiger partial charge in [-0.15, -0.1) is 0 Å². The molecule has 0 aromatic carbocycles. The van der Waals surface area contributed by atoms with Gasteiger partial charge in [0, 0.05) is 20.3 Å². The lowest BCUT2D eigenvalue weighted by molar-refractivity contribution is -0.138. The lowest BCUT2D eigenvalue weighted by Crippen LogP contribution is -2.11. The number of hydrogen-bond donors (Lipinski definition) is 1. The van der Waals surface area contributed by atoms with Crippen molar-refractivity contribution in [2.45, 2.75) is 6.42 Å². The molecule has 0 radical (unpaired) electrons. The molecule has 0 saturated heterocycles. The zero-order chi connectivity index (χ0) is 13.6. The predicted octanol–water partition coefficient (Wildman–Crippen LogP) is 0.838. The first-order valence-electron chi connectivity index (χ1n) is 5.86. The number of carboxylic acid groups (broad SMARTS) is 1. The number of fused-ring (bicyclic) bond motifs is 1. The molecule has 1 saturated carbocycles. The van der Waals surface area contributed by atoms with Gasteiger partial charge >= 0.3 is 5.97 Å². The molecule has 1 aliphatic carbocycles. The highest BCUT2D eigenvalue weighted by Gasteiger charge is 2.36. The van der Waals surface area contributed by atoms with Crippen LogP contribution in [0.3, 0.4) is 0 Å². The van der Waals surface area contributed by atoms with Crippen molar-refractivity contribution < 1.29 is 9.90 Å². The van der Waals surface area contributed by atoms with Gasteiger partial charge in [0.25, 0.3) is 0 Å². The Balaban J connectivity index is 2.03. The van der Waals surface area contributed by atoms with Crippen LogP contribution in [0, 0.1) is 5.92 Å². The van der Waals surface area contributed by atoms with Crippen molar-refractivity contribution in [3.63, 3.8) is 0 Å². The average Bonchev–Trinajstić information content (AvgIpc) is 3.02. The summed E-state index contributed by atoms with van der Waals surface area (Å²) in [6.07, 6.45) is 5.51. The van der Waals surface area contributed by atoms with Gasteiger partial charge in [-0.25, -0.2) is 15.0 Å². The van der Waals surface area contributed by atoms with Crippen LogP contribution >= 0.6 is 0 Å². The third-order valence-electron chi connectivity index (χ3n) is 3.09. The second-order valence-corrected chi connectivity index (χ2v) is 4.71. The summed E-state index contributed by atoms with van der Waals surface area (Å²) in [6, 6.07) is 0. The Hall–Kier alpha value is -2.44. The molecule has 1 atom stereocenters. The lowest BCUT2D eigenvalue weighted by atomic mass is 10.4. The van der Waals surface area contributed by atoms with Gasteiger partial charge in [0.15, 0.2) is 17.0 Å². The molecule has 0 amide bonds. The molecule has 0 aliphatic heterocycles. The van der Waals surface area contributed by atoms with Crippen molar-refractivity contribution in [2.75, 3.05) is 19.0 Å². The van der Waals surface area contributed by atoms with Crippen molar-refractivity contribution in [3.05, 3.63) is 18.2 Å². The zero-order valence-corrected chi connectivity index (χ0v) is 10.6. The molecule has 0 bridgehead atoms. The number of imidazole rings is 1. The second-order valence-electron chi connectivity index (χ2n) is 4.71. The molecule has 1 N–H and O–H groups in total. The fourth-order valence-corrected chi connectivity index (χ4v) is 2.01. The third-order valence-corrected chi connectivity index (χ3v) is 3.09. The maximum Gasteiger partial charge on any atom is 0.311 e. The van der Waals surface area contributed by atoms with E-state index in [1.54, 1.807) is 17.1 Å². The van der Waals surface area contributed by atoms with E-state index in [2.05, 4.69) is 15.0 Å². The molecule has 98 valence electrons. The van der Waals surface area contributed by atoms with E-state index in [9.17, 15) is 4.79 Å². The highest BCUT2D eigenvalue weighted by Crippen LogP contribution is 2.38. The van der Waals surface area contributed by atoms with Crippen LogP contribution in [0.5, 0.6) is 0 Å². The van der Waals surface area contributed by atoms with Gasteiger partial charge in [-0.2, -0.15) is 0 Å². The van der Waals surface area contributed by atoms with Gasteiger partial charge < -0.3 is 10.0 Å². The average molecular weight is 259 g/mol. The van der Waals surface area contributed by atoms with Crippen LogP contribution in [0.1, 0.15) is 6.42 Å². The molecule has 1 unspecified atom stereocenters. The Labute approximate surface area is 109 Å². The molecule has 1 fully saturated rings. The van der Waals surface area contributed by atoms with E-state index in [0.717, 1.165) is 11.4 Å². The Morgan fingerprint density at radius 3 is 2.89 bits per heavy atom. The zero-order valence-electron chi connectivity index (χ0n) is 10.6. The number of aliphatic carboxylic acids is 1. The minimum absolute atomic E-state index is 0.354. The maximum absolute atomic E-state index is 10.8. The van der Waals surface area contributed by atoms with Crippen LogP contribution in [0.25, 0.3) is 17.4 Å². The highest BCUT2D eigenvalue weighted by atomic mass is 16.4. The lowest BCUT2D eigenvalue weighted by Gasteiger charge is -2.10. The van der Waals surface area contributed by atoms with Crippen LogP contribution < -0.4 is 4.90 Å². The number of rotatable bonds is 3. The third kappa shape index (κ3) is 1.92.